The third-order valence-electron chi connectivity index (χ3n) is 7.02. The predicted molar refractivity (Wildman–Crippen MR) is 114 cm³/mol. The summed E-state index contributed by atoms with van der Waals surface area (Å²) in [6.45, 7) is 3.45. The first-order valence-corrected chi connectivity index (χ1v) is 11.0. The maximum Gasteiger partial charge on any atom is 0.227 e. The fraction of sp³-hybridized carbons (Fsp3) is 0.480. The molecule has 1 amide bonds. The SMILES string of the molecule is O=C1CCc2ccccc2N1C1CCN(CC2CCc3ccccc3C2)CC1. The normalized spacial score (nSPS) is 23.4. The molecule has 0 spiro atoms. The molecule has 0 saturated carbocycles. The summed E-state index contributed by atoms with van der Waals surface area (Å²) in [6.07, 6.45) is 7.54. The molecule has 1 aliphatic carbocycles. The second kappa shape index (κ2) is 7.71. The van der Waals surface area contributed by atoms with Crippen LogP contribution in [0.5, 0.6) is 0 Å². The zero-order valence-corrected chi connectivity index (χ0v) is 16.6. The lowest BCUT2D eigenvalue weighted by Crippen LogP contribution is -2.50. The number of fused-ring (bicyclic) bond motifs is 2. The molecule has 1 atom stereocenters. The smallest absolute Gasteiger partial charge is 0.227 e. The number of hydrogen-bond donors (Lipinski definition) is 0. The number of likely N-dealkylation sites (tertiary alicyclic amines) is 1. The van der Waals surface area contributed by atoms with Crippen LogP contribution in [0.1, 0.15) is 42.4 Å². The van der Waals surface area contributed by atoms with Crippen LogP contribution in [-0.2, 0) is 24.1 Å². The minimum atomic E-state index is 0.320. The van der Waals surface area contributed by atoms with E-state index in [1.165, 1.54) is 37.1 Å². The predicted octanol–water partition coefficient (Wildman–Crippen LogP) is 4.24. The Kier molecular flexibility index (Phi) is 4.94. The van der Waals surface area contributed by atoms with Crippen molar-refractivity contribution in [2.24, 2.45) is 5.92 Å². The zero-order valence-electron chi connectivity index (χ0n) is 16.6. The number of rotatable bonds is 3. The molecule has 1 saturated heterocycles. The van der Waals surface area contributed by atoms with Crippen molar-refractivity contribution < 1.29 is 4.79 Å². The summed E-state index contributed by atoms with van der Waals surface area (Å²) in [6, 6.07) is 17.8. The molecule has 2 aromatic rings. The van der Waals surface area contributed by atoms with Crippen molar-refractivity contribution >= 4 is 11.6 Å². The van der Waals surface area contributed by atoms with Gasteiger partial charge in [0.25, 0.3) is 0 Å². The van der Waals surface area contributed by atoms with Crippen molar-refractivity contribution in [3.8, 4) is 0 Å². The van der Waals surface area contributed by atoms with Crippen LogP contribution in [0.15, 0.2) is 48.5 Å². The van der Waals surface area contributed by atoms with E-state index >= 15 is 0 Å². The van der Waals surface area contributed by atoms with Crippen LogP contribution in [0.25, 0.3) is 0 Å². The van der Waals surface area contributed by atoms with Gasteiger partial charge in [-0.25, -0.2) is 0 Å². The Bertz CT molecular complexity index is 853. The van der Waals surface area contributed by atoms with Crippen molar-refractivity contribution in [2.45, 2.75) is 51.0 Å². The van der Waals surface area contributed by atoms with Crippen LogP contribution >= 0.6 is 0 Å². The van der Waals surface area contributed by atoms with Gasteiger partial charge in [-0.05, 0) is 67.2 Å². The van der Waals surface area contributed by atoms with E-state index in [9.17, 15) is 4.79 Å². The molecule has 5 rings (SSSR count). The van der Waals surface area contributed by atoms with E-state index in [-0.39, 0.29) is 0 Å². The summed E-state index contributed by atoms with van der Waals surface area (Å²) < 4.78 is 0. The van der Waals surface area contributed by atoms with Gasteiger partial charge in [-0.2, -0.15) is 0 Å². The Morgan fingerprint density at radius 1 is 0.786 bits per heavy atom. The number of nitrogens with zero attached hydrogens (tertiary/aromatic N) is 2. The molecule has 3 aliphatic rings. The lowest BCUT2D eigenvalue weighted by atomic mass is 9.83. The van der Waals surface area contributed by atoms with E-state index < -0.39 is 0 Å². The molecule has 3 heteroatoms. The molecule has 0 N–H and O–H groups in total. The first-order valence-electron chi connectivity index (χ1n) is 11.0. The molecule has 2 aromatic carbocycles. The number of hydrogen-bond acceptors (Lipinski definition) is 2. The lowest BCUT2D eigenvalue weighted by molar-refractivity contribution is -0.119. The molecule has 1 unspecified atom stereocenters. The Balaban J connectivity index is 1.20. The number of carbonyl (C=O) groups excluding carboxylic acids is 1. The van der Waals surface area contributed by atoms with Crippen LogP contribution < -0.4 is 4.90 Å². The molecule has 2 heterocycles. The summed E-state index contributed by atoms with van der Waals surface area (Å²) in [5.41, 5.74) is 5.62. The number of benzene rings is 2. The van der Waals surface area contributed by atoms with Crippen LogP contribution in [0, 0.1) is 5.92 Å². The molecule has 3 nitrogen and oxygen atoms in total. The van der Waals surface area contributed by atoms with Crippen molar-refractivity contribution in [1.82, 2.24) is 4.90 Å². The summed E-state index contributed by atoms with van der Waals surface area (Å²) in [7, 11) is 0. The van der Waals surface area contributed by atoms with Crippen LogP contribution in [0.4, 0.5) is 5.69 Å². The Hall–Kier alpha value is -2.13. The molecule has 0 bridgehead atoms. The van der Waals surface area contributed by atoms with E-state index in [0.717, 1.165) is 38.3 Å². The van der Waals surface area contributed by atoms with Crippen molar-refractivity contribution in [3.63, 3.8) is 0 Å². The molecular weight excluding hydrogens is 344 g/mol. The van der Waals surface area contributed by atoms with Gasteiger partial charge < -0.3 is 9.80 Å². The van der Waals surface area contributed by atoms with Gasteiger partial charge in [0, 0.05) is 37.8 Å². The molecule has 146 valence electrons. The van der Waals surface area contributed by atoms with E-state index in [4.69, 9.17) is 0 Å². The van der Waals surface area contributed by atoms with Gasteiger partial charge in [-0.15, -0.1) is 0 Å². The van der Waals surface area contributed by atoms with Gasteiger partial charge in [0.2, 0.25) is 5.91 Å². The van der Waals surface area contributed by atoms with E-state index in [2.05, 4.69) is 58.3 Å². The van der Waals surface area contributed by atoms with Crippen molar-refractivity contribution in [2.75, 3.05) is 24.5 Å². The third kappa shape index (κ3) is 3.48. The number of anilines is 1. The Morgan fingerprint density at radius 2 is 1.50 bits per heavy atom. The van der Waals surface area contributed by atoms with E-state index in [1.54, 1.807) is 11.1 Å². The van der Waals surface area contributed by atoms with E-state index in [0.29, 0.717) is 18.4 Å². The number of carbonyl (C=O) groups is 1. The van der Waals surface area contributed by atoms with Crippen LogP contribution in [-0.4, -0.2) is 36.5 Å². The lowest BCUT2D eigenvalue weighted by Gasteiger charge is -2.42. The van der Waals surface area contributed by atoms with Gasteiger partial charge >= 0.3 is 0 Å². The second-order valence-electron chi connectivity index (χ2n) is 8.80. The van der Waals surface area contributed by atoms with Gasteiger partial charge in [0.1, 0.15) is 0 Å². The second-order valence-corrected chi connectivity index (χ2v) is 8.80. The van der Waals surface area contributed by atoms with Crippen molar-refractivity contribution in [3.05, 3.63) is 65.2 Å². The van der Waals surface area contributed by atoms with Gasteiger partial charge in [0.15, 0.2) is 0 Å². The highest BCUT2D eigenvalue weighted by Gasteiger charge is 2.33. The van der Waals surface area contributed by atoms with E-state index in [1.807, 2.05) is 0 Å². The maximum absolute atomic E-state index is 12.7. The topological polar surface area (TPSA) is 23.6 Å². The van der Waals surface area contributed by atoms with Crippen LogP contribution in [0.3, 0.4) is 0 Å². The minimum Gasteiger partial charge on any atom is -0.309 e. The van der Waals surface area contributed by atoms with Crippen molar-refractivity contribution in [1.29, 1.82) is 0 Å². The Morgan fingerprint density at radius 3 is 2.32 bits per heavy atom. The Labute approximate surface area is 168 Å². The summed E-state index contributed by atoms with van der Waals surface area (Å²) in [5, 5.41) is 0. The molecule has 28 heavy (non-hydrogen) atoms. The average molecular weight is 375 g/mol. The largest absolute Gasteiger partial charge is 0.309 e. The minimum absolute atomic E-state index is 0.320. The number of piperidine rings is 1. The molecular formula is C25H30N2O. The molecule has 1 fully saturated rings. The standard InChI is InChI=1S/C25H30N2O/c28-25-12-11-21-6-3-4-8-24(21)27(25)23-13-15-26(16-14-23)18-19-9-10-20-5-1-2-7-22(20)17-19/h1-8,19,23H,9-18H2. The molecule has 0 aromatic heterocycles. The fourth-order valence-electron chi connectivity index (χ4n) is 5.51. The van der Waals surface area contributed by atoms with Gasteiger partial charge in [-0.3, -0.25) is 4.79 Å². The summed E-state index contributed by atoms with van der Waals surface area (Å²) >= 11 is 0. The quantitative estimate of drug-likeness (QED) is 0.802. The fourth-order valence-corrected chi connectivity index (χ4v) is 5.51. The third-order valence-corrected chi connectivity index (χ3v) is 7.02. The number of amides is 1. The highest BCUT2D eigenvalue weighted by Crippen LogP contribution is 2.33. The van der Waals surface area contributed by atoms with Gasteiger partial charge in [0.05, 0.1) is 0 Å². The highest BCUT2D eigenvalue weighted by molar-refractivity contribution is 5.97. The number of aryl methyl sites for hydroxylation is 2. The molecule has 0 radical (unpaired) electrons. The molecule has 2 aliphatic heterocycles. The monoisotopic (exact) mass is 374 g/mol. The first kappa shape index (κ1) is 17.9. The average Bonchev–Trinajstić information content (AvgIpc) is 2.74. The first-order chi connectivity index (χ1) is 13.8. The zero-order chi connectivity index (χ0) is 18.9. The maximum atomic E-state index is 12.7. The summed E-state index contributed by atoms with van der Waals surface area (Å²) in [4.78, 5) is 17.5. The highest BCUT2D eigenvalue weighted by atomic mass is 16.2. The summed E-state index contributed by atoms with van der Waals surface area (Å²) in [5.74, 6) is 1.10. The van der Waals surface area contributed by atoms with Crippen LogP contribution in [0.2, 0.25) is 0 Å². The van der Waals surface area contributed by atoms with Gasteiger partial charge in [-0.1, -0.05) is 42.5 Å². The number of para-hydroxylation sites is 1.